The van der Waals surface area contributed by atoms with Gasteiger partial charge >= 0.3 is 11.8 Å². The second kappa shape index (κ2) is 7.53. The number of aliphatic carboxylic acids is 1. The Hall–Kier alpha value is -2.60. The van der Waals surface area contributed by atoms with Crippen LogP contribution in [0, 0.1) is 5.92 Å². The molecule has 0 radical (unpaired) electrons. The first-order valence-corrected chi connectivity index (χ1v) is 8.33. The molecular formula is C19H22N2O4. The summed E-state index contributed by atoms with van der Waals surface area (Å²) in [5.74, 6) is -2.52. The SMILES string of the molecule is COC(Oc1ccccc1)(C(=O)O)C1CCN(c2ccncc2)CC1. The van der Waals surface area contributed by atoms with Gasteiger partial charge in [-0.1, -0.05) is 18.2 Å². The fourth-order valence-corrected chi connectivity index (χ4v) is 3.33. The summed E-state index contributed by atoms with van der Waals surface area (Å²) in [4.78, 5) is 18.3. The predicted octanol–water partition coefficient (Wildman–Crippen LogP) is 2.80. The minimum Gasteiger partial charge on any atom is -0.476 e. The number of pyridine rings is 1. The standard InChI is InChI=1S/C19H22N2O4/c1-24-19(18(22)23,25-17-5-3-2-4-6-17)15-9-13-21(14-10-15)16-7-11-20-12-8-16/h2-8,11-12,15H,9-10,13-14H2,1H3,(H,22,23). The lowest BCUT2D eigenvalue weighted by atomic mass is 9.87. The van der Waals surface area contributed by atoms with Crippen molar-refractivity contribution in [1.29, 1.82) is 0 Å². The van der Waals surface area contributed by atoms with E-state index in [1.807, 2.05) is 30.3 Å². The number of piperidine rings is 1. The highest BCUT2D eigenvalue weighted by Gasteiger charge is 2.50. The van der Waals surface area contributed by atoms with Crippen LogP contribution in [0.2, 0.25) is 0 Å². The van der Waals surface area contributed by atoms with Crippen LogP contribution in [0.15, 0.2) is 54.9 Å². The lowest BCUT2D eigenvalue weighted by Gasteiger charge is -2.41. The van der Waals surface area contributed by atoms with E-state index < -0.39 is 11.8 Å². The fraction of sp³-hybridized carbons (Fsp3) is 0.368. The van der Waals surface area contributed by atoms with E-state index in [4.69, 9.17) is 9.47 Å². The summed E-state index contributed by atoms with van der Waals surface area (Å²) in [6.45, 7) is 1.48. The molecule has 1 unspecified atom stereocenters. The van der Waals surface area contributed by atoms with Crippen molar-refractivity contribution >= 4 is 11.7 Å². The molecule has 6 nitrogen and oxygen atoms in total. The van der Waals surface area contributed by atoms with Crippen LogP contribution in [-0.2, 0) is 9.53 Å². The van der Waals surface area contributed by atoms with Crippen LogP contribution in [0.5, 0.6) is 5.75 Å². The molecule has 1 atom stereocenters. The molecule has 0 spiro atoms. The summed E-state index contributed by atoms with van der Waals surface area (Å²) in [6, 6.07) is 12.9. The normalized spacial score (nSPS) is 17.7. The number of hydrogen-bond donors (Lipinski definition) is 1. The number of hydrogen-bond acceptors (Lipinski definition) is 5. The van der Waals surface area contributed by atoms with Crippen molar-refractivity contribution < 1.29 is 19.4 Å². The largest absolute Gasteiger partial charge is 0.476 e. The summed E-state index contributed by atoms with van der Waals surface area (Å²) in [7, 11) is 1.40. The molecular weight excluding hydrogens is 320 g/mol. The van der Waals surface area contributed by atoms with Gasteiger partial charge in [0.1, 0.15) is 5.75 Å². The molecule has 1 aliphatic rings. The molecule has 0 bridgehead atoms. The molecule has 25 heavy (non-hydrogen) atoms. The van der Waals surface area contributed by atoms with Crippen molar-refractivity contribution in [2.45, 2.75) is 18.6 Å². The highest BCUT2D eigenvalue weighted by atomic mass is 16.7. The van der Waals surface area contributed by atoms with Crippen LogP contribution in [0.1, 0.15) is 12.8 Å². The molecule has 2 heterocycles. The van der Waals surface area contributed by atoms with Crippen molar-refractivity contribution in [3.63, 3.8) is 0 Å². The van der Waals surface area contributed by atoms with Crippen molar-refractivity contribution in [1.82, 2.24) is 4.98 Å². The molecule has 3 rings (SSSR count). The van der Waals surface area contributed by atoms with Gasteiger partial charge in [-0.2, -0.15) is 0 Å². The first-order chi connectivity index (χ1) is 12.2. The van der Waals surface area contributed by atoms with E-state index in [9.17, 15) is 9.90 Å². The molecule has 6 heteroatoms. The maximum atomic E-state index is 12.0. The van der Waals surface area contributed by atoms with Crippen LogP contribution >= 0.6 is 0 Å². The Balaban J connectivity index is 1.76. The van der Waals surface area contributed by atoms with Gasteiger partial charge in [-0.3, -0.25) is 4.98 Å². The van der Waals surface area contributed by atoms with Crippen molar-refractivity contribution in [2.24, 2.45) is 5.92 Å². The maximum Gasteiger partial charge on any atom is 0.377 e. The molecule has 1 aromatic heterocycles. The number of carbonyl (C=O) groups is 1. The van der Waals surface area contributed by atoms with Gasteiger partial charge in [0.15, 0.2) is 0 Å². The predicted molar refractivity (Wildman–Crippen MR) is 93.6 cm³/mol. The van der Waals surface area contributed by atoms with E-state index in [2.05, 4.69) is 9.88 Å². The van der Waals surface area contributed by atoms with Gasteiger partial charge in [-0.05, 0) is 37.1 Å². The van der Waals surface area contributed by atoms with Gasteiger partial charge in [0.2, 0.25) is 0 Å². The quantitative estimate of drug-likeness (QED) is 0.814. The topological polar surface area (TPSA) is 71.9 Å². The van der Waals surface area contributed by atoms with Crippen LogP contribution in [0.4, 0.5) is 5.69 Å². The number of para-hydroxylation sites is 1. The molecule has 1 saturated heterocycles. The number of nitrogens with zero attached hydrogens (tertiary/aromatic N) is 2. The zero-order valence-electron chi connectivity index (χ0n) is 14.2. The number of ether oxygens (including phenoxy) is 2. The van der Waals surface area contributed by atoms with Crippen LogP contribution in [0.25, 0.3) is 0 Å². The summed E-state index contributed by atoms with van der Waals surface area (Å²) in [5.41, 5.74) is 1.09. The van der Waals surface area contributed by atoms with E-state index in [0.717, 1.165) is 18.8 Å². The Morgan fingerprint density at radius 1 is 1.16 bits per heavy atom. The van der Waals surface area contributed by atoms with E-state index in [1.54, 1.807) is 24.5 Å². The van der Waals surface area contributed by atoms with E-state index in [0.29, 0.717) is 18.6 Å². The number of benzene rings is 1. The van der Waals surface area contributed by atoms with Crippen LogP contribution in [-0.4, -0.2) is 42.0 Å². The molecule has 1 fully saturated rings. The first-order valence-electron chi connectivity index (χ1n) is 8.33. The molecule has 132 valence electrons. The number of carboxylic acid groups (broad SMARTS) is 1. The number of rotatable bonds is 6. The fourth-order valence-electron chi connectivity index (χ4n) is 3.33. The lowest BCUT2D eigenvalue weighted by Crippen LogP contribution is -2.55. The third kappa shape index (κ3) is 3.58. The summed E-state index contributed by atoms with van der Waals surface area (Å²) >= 11 is 0. The Bertz CT molecular complexity index is 687. The summed E-state index contributed by atoms with van der Waals surface area (Å²) < 4.78 is 11.3. The second-order valence-electron chi connectivity index (χ2n) is 6.06. The number of carboxylic acids is 1. The van der Waals surface area contributed by atoms with Gasteiger partial charge in [0.05, 0.1) is 0 Å². The minimum absolute atomic E-state index is 0.242. The highest BCUT2D eigenvalue weighted by molar-refractivity contribution is 5.76. The third-order valence-corrected chi connectivity index (χ3v) is 4.67. The zero-order valence-corrected chi connectivity index (χ0v) is 14.2. The molecule has 1 aromatic carbocycles. The highest BCUT2D eigenvalue weighted by Crippen LogP contribution is 2.35. The van der Waals surface area contributed by atoms with Gasteiger partial charge in [-0.25, -0.2) is 4.79 Å². The zero-order chi connectivity index (χ0) is 17.7. The average Bonchev–Trinajstić information content (AvgIpc) is 2.67. The van der Waals surface area contributed by atoms with Crippen molar-refractivity contribution in [2.75, 3.05) is 25.1 Å². The molecule has 2 aromatic rings. The minimum atomic E-state index is -1.67. The van der Waals surface area contributed by atoms with Gasteiger partial charge in [-0.15, -0.1) is 0 Å². The van der Waals surface area contributed by atoms with E-state index in [1.165, 1.54) is 7.11 Å². The molecule has 0 saturated carbocycles. The van der Waals surface area contributed by atoms with Crippen LogP contribution in [0.3, 0.4) is 0 Å². The molecule has 0 amide bonds. The summed E-state index contributed by atoms with van der Waals surface area (Å²) in [5, 5.41) is 9.85. The third-order valence-electron chi connectivity index (χ3n) is 4.67. The van der Waals surface area contributed by atoms with Gasteiger partial charge < -0.3 is 19.5 Å². The summed E-state index contributed by atoms with van der Waals surface area (Å²) in [6.07, 6.45) is 4.85. The monoisotopic (exact) mass is 342 g/mol. The molecule has 1 N–H and O–H groups in total. The average molecular weight is 342 g/mol. The molecule has 1 aliphatic heterocycles. The lowest BCUT2D eigenvalue weighted by molar-refractivity contribution is -0.224. The van der Waals surface area contributed by atoms with E-state index in [-0.39, 0.29) is 5.92 Å². The van der Waals surface area contributed by atoms with Crippen molar-refractivity contribution in [3.8, 4) is 5.75 Å². The second-order valence-corrected chi connectivity index (χ2v) is 6.06. The maximum absolute atomic E-state index is 12.0. The van der Waals surface area contributed by atoms with Crippen molar-refractivity contribution in [3.05, 3.63) is 54.9 Å². The number of aromatic nitrogens is 1. The Morgan fingerprint density at radius 3 is 2.36 bits per heavy atom. The van der Waals surface area contributed by atoms with E-state index >= 15 is 0 Å². The Kier molecular flexibility index (Phi) is 5.19. The Labute approximate surface area is 147 Å². The van der Waals surface area contributed by atoms with Gasteiger partial charge in [0, 0.05) is 44.2 Å². The molecule has 0 aliphatic carbocycles. The van der Waals surface area contributed by atoms with Crippen LogP contribution < -0.4 is 9.64 Å². The first kappa shape index (κ1) is 17.2. The number of methoxy groups -OCH3 is 1. The van der Waals surface area contributed by atoms with Gasteiger partial charge in [0.25, 0.3) is 0 Å². The smallest absolute Gasteiger partial charge is 0.377 e. The number of anilines is 1. The Morgan fingerprint density at radius 2 is 1.80 bits per heavy atom.